The van der Waals surface area contributed by atoms with Crippen LogP contribution in [0.1, 0.15) is 37.3 Å². The van der Waals surface area contributed by atoms with E-state index in [2.05, 4.69) is 19.1 Å². The van der Waals surface area contributed by atoms with Gasteiger partial charge in [0.15, 0.2) is 0 Å². The van der Waals surface area contributed by atoms with Crippen LogP contribution in [-0.4, -0.2) is 19.8 Å². The number of nitrogens with two attached hydrogens (primary N) is 1. The lowest BCUT2D eigenvalue weighted by molar-refractivity contribution is 0.317. The topological polar surface area (TPSA) is 44.5 Å². The third-order valence-corrected chi connectivity index (χ3v) is 4.11. The van der Waals surface area contributed by atoms with Crippen LogP contribution in [0.15, 0.2) is 42.5 Å². The Morgan fingerprint density at radius 2 is 1.79 bits per heavy atom. The summed E-state index contributed by atoms with van der Waals surface area (Å²) in [5.74, 6) is 1.93. The van der Waals surface area contributed by atoms with Crippen molar-refractivity contribution < 1.29 is 9.47 Å². The van der Waals surface area contributed by atoms with Gasteiger partial charge in [-0.15, -0.1) is 0 Å². The minimum Gasteiger partial charge on any atom is -0.494 e. The summed E-state index contributed by atoms with van der Waals surface area (Å²) < 4.78 is 11.4. The van der Waals surface area contributed by atoms with Crippen molar-refractivity contribution in [3.05, 3.63) is 58.6 Å². The summed E-state index contributed by atoms with van der Waals surface area (Å²) in [6, 6.07) is 14.0. The molecule has 24 heavy (non-hydrogen) atoms. The predicted octanol–water partition coefficient (Wildman–Crippen LogP) is 4.81. The first kappa shape index (κ1) is 18.6. The van der Waals surface area contributed by atoms with E-state index < -0.39 is 0 Å². The molecule has 2 rings (SSSR count). The first-order valence-corrected chi connectivity index (χ1v) is 8.89. The lowest BCUT2D eigenvalue weighted by atomic mass is 9.91. The summed E-state index contributed by atoms with van der Waals surface area (Å²) in [6.07, 6.45) is 1.84. The van der Waals surface area contributed by atoms with E-state index >= 15 is 0 Å². The largest absolute Gasteiger partial charge is 0.494 e. The smallest absolute Gasteiger partial charge is 0.122 e. The van der Waals surface area contributed by atoms with Gasteiger partial charge in [-0.2, -0.15) is 0 Å². The zero-order valence-corrected chi connectivity index (χ0v) is 15.2. The van der Waals surface area contributed by atoms with Crippen LogP contribution >= 0.6 is 11.6 Å². The van der Waals surface area contributed by atoms with Gasteiger partial charge in [-0.3, -0.25) is 0 Å². The summed E-state index contributed by atoms with van der Waals surface area (Å²) in [4.78, 5) is 0. The number of rotatable bonds is 9. The normalized spacial score (nSPS) is 12.0. The zero-order valence-electron chi connectivity index (χ0n) is 14.4. The van der Waals surface area contributed by atoms with Crippen molar-refractivity contribution in [2.24, 2.45) is 5.73 Å². The first-order chi connectivity index (χ1) is 11.7. The second-order valence-corrected chi connectivity index (χ2v) is 6.18. The van der Waals surface area contributed by atoms with Crippen molar-refractivity contribution in [3.8, 4) is 11.5 Å². The standard InChI is InChI=1S/C20H26ClNO2/c1-3-11-24-18-8-5-15(6-9-18)12-16(14-22)19-13-17(21)7-10-20(19)23-4-2/h5-10,13,16H,3-4,11-12,14,22H2,1-2H3. The average molecular weight is 348 g/mol. The molecule has 0 aromatic heterocycles. The van der Waals surface area contributed by atoms with E-state index in [9.17, 15) is 0 Å². The maximum atomic E-state index is 6.18. The Balaban J connectivity index is 2.15. The van der Waals surface area contributed by atoms with E-state index in [1.807, 2.05) is 37.3 Å². The Morgan fingerprint density at radius 3 is 2.42 bits per heavy atom. The minimum atomic E-state index is 0.160. The molecule has 0 radical (unpaired) electrons. The lowest BCUT2D eigenvalue weighted by Crippen LogP contribution is -2.16. The number of hydrogen-bond acceptors (Lipinski definition) is 3. The van der Waals surface area contributed by atoms with Gasteiger partial charge in [0, 0.05) is 16.5 Å². The molecule has 2 aromatic carbocycles. The fraction of sp³-hybridized carbons (Fsp3) is 0.400. The van der Waals surface area contributed by atoms with Crippen LogP contribution in [0.4, 0.5) is 0 Å². The highest BCUT2D eigenvalue weighted by atomic mass is 35.5. The molecule has 0 heterocycles. The molecule has 0 fully saturated rings. The number of ether oxygens (including phenoxy) is 2. The summed E-state index contributed by atoms with van der Waals surface area (Å²) >= 11 is 6.18. The Bertz CT molecular complexity index is 628. The van der Waals surface area contributed by atoms with Crippen LogP contribution in [0.2, 0.25) is 5.02 Å². The molecule has 0 amide bonds. The molecule has 1 unspecified atom stereocenters. The van der Waals surface area contributed by atoms with Gasteiger partial charge in [0.2, 0.25) is 0 Å². The third kappa shape index (κ3) is 5.15. The van der Waals surface area contributed by atoms with Crippen molar-refractivity contribution in [1.82, 2.24) is 0 Å². The van der Waals surface area contributed by atoms with Crippen LogP contribution in [-0.2, 0) is 6.42 Å². The second-order valence-electron chi connectivity index (χ2n) is 5.74. The Hall–Kier alpha value is -1.71. The van der Waals surface area contributed by atoms with E-state index in [1.54, 1.807) is 0 Å². The Morgan fingerprint density at radius 1 is 1.04 bits per heavy atom. The minimum absolute atomic E-state index is 0.160. The third-order valence-electron chi connectivity index (χ3n) is 3.87. The lowest BCUT2D eigenvalue weighted by Gasteiger charge is -2.19. The molecule has 2 aromatic rings. The molecule has 0 bridgehead atoms. The van der Waals surface area contributed by atoms with Crippen LogP contribution in [0.3, 0.4) is 0 Å². The summed E-state index contributed by atoms with van der Waals surface area (Å²) in [7, 11) is 0. The second kappa shape index (κ2) is 9.55. The molecule has 130 valence electrons. The molecule has 0 saturated carbocycles. The monoisotopic (exact) mass is 347 g/mol. The molecule has 3 nitrogen and oxygen atoms in total. The summed E-state index contributed by atoms with van der Waals surface area (Å²) in [6.45, 7) is 5.97. The van der Waals surface area contributed by atoms with Gasteiger partial charge in [0.1, 0.15) is 11.5 Å². The van der Waals surface area contributed by atoms with Crippen LogP contribution in [0.5, 0.6) is 11.5 Å². The van der Waals surface area contributed by atoms with E-state index in [0.717, 1.165) is 36.5 Å². The van der Waals surface area contributed by atoms with Crippen molar-refractivity contribution in [2.45, 2.75) is 32.6 Å². The van der Waals surface area contributed by atoms with E-state index in [4.69, 9.17) is 26.8 Å². The first-order valence-electron chi connectivity index (χ1n) is 8.52. The van der Waals surface area contributed by atoms with Crippen LogP contribution < -0.4 is 15.2 Å². The number of benzene rings is 2. The Labute approximate surface area is 149 Å². The van der Waals surface area contributed by atoms with Crippen molar-refractivity contribution in [1.29, 1.82) is 0 Å². The van der Waals surface area contributed by atoms with Gasteiger partial charge in [-0.1, -0.05) is 30.7 Å². The molecule has 1 atom stereocenters. The van der Waals surface area contributed by atoms with Crippen molar-refractivity contribution in [3.63, 3.8) is 0 Å². The van der Waals surface area contributed by atoms with E-state index in [1.165, 1.54) is 5.56 Å². The van der Waals surface area contributed by atoms with E-state index in [-0.39, 0.29) is 5.92 Å². The molecule has 2 N–H and O–H groups in total. The van der Waals surface area contributed by atoms with Crippen LogP contribution in [0.25, 0.3) is 0 Å². The number of halogens is 1. The maximum Gasteiger partial charge on any atom is 0.122 e. The van der Waals surface area contributed by atoms with Gasteiger partial charge < -0.3 is 15.2 Å². The highest BCUT2D eigenvalue weighted by Crippen LogP contribution is 2.32. The van der Waals surface area contributed by atoms with Gasteiger partial charge >= 0.3 is 0 Å². The van der Waals surface area contributed by atoms with Gasteiger partial charge in [-0.05, 0) is 62.2 Å². The van der Waals surface area contributed by atoms with Crippen molar-refractivity contribution >= 4 is 11.6 Å². The highest BCUT2D eigenvalue weighted by Gasteiger charge is 2.16. The summed E-state index contributed by atoms with van der Waals surface area (Å²) in [5, 5.41) is 0.704. The molecular formula is C20H26ClNO2. The summed E-state index contributed by atoms with van der Waals surface area (Å²) in [5.41, 5.74) is 8.33. The fourth-order valence-electron chi connectivity index (χ4n) is 2.67. The molecule has 0 aliphatic heterocycles. The van der Waals surface area contributed by atoms with Crippen LogP contribution in [0, 0.1) is 0 Å². The molecule has 0 spiro atoms. The SMILES string of the molecule is CCCOc1ccc(CC(CN)c2cc(Cl)ccc2OCC)cc1. The highest BCUT2D eigenvalue weighted by molar-refractivity contribution is 6.30. The van der Waals surface area contributed by atoms with Gasteiger partial charge in [-0.25, -0.2) is 0 Å². The quantitative estimate of drug-likeness (QED) is 0.707. The maximum absolute atomic E-state index is 6.18. The molecule has 4 heteroatoms. The predicted molar refractivity (Wildman–Crippen MR) is 100 cm³/mol. The van der Waals surface area contributed by atoms with E-state index in [0.29, 0.717) is 18.2 Å². The number of hydrogen-bond donors (Lipinski definition) is 1. The zero-order chi connectivity index (χ0) is 17.4. The van der Waals surface area contributed by atoms with Crippen molar-refractivity contribution in [2.75, 3.05) is 19.8 Å². The fourth-order valence-corrected chi connectivity index (χ4v) is 2.85. The van der Waals surface area contributed by atoms with Gasteiger partial charge in [0.05, 0.1) is 13.2 Å². The molecule has 0 saturated heterocycles. The Kier molecular flexibility index (Phi) is 7.41. The molecule has 0 aliphatic rings. The molecular weight excluding hydrogens is 322 g/mol. The molecule has 0 aliphatic carbocycles. The average Bonchev–Trinajstić information content (AvgIpc) is 2.60. The van der Waals surface area contributed by atoms with Gasteiger partial charge in [0.25, 0.3) is 0 Å².